The van der Waals surface area contributed by atoms with Crippen molar-refractivity contribution in [3.8, 4) is 0 Å². The van der Waals surface area contributed by atoms with Gasteiger partial charge in [0.2, 0.25) is 0 Å². The van der Waals surface area contributed by atoms with Crippen LogP contribution < -0.4 is 10.6 Å². The van der Waals surface area contributed by atoms with E-state index in [0.29, 0.717) is 6.42 Å². The van der Waals surface area contributed by atoms with Crippen molar-refractivity contribution >= 4 is 15.9 Å². The third-order valence-electron chi connectivity index (χ3n) is 3.29. The summed E-state index contributed by atoms with van der Waals surface area (Å²) < 4.78 is 35.9. The molecule has 2 rings (SSSR count). The van der Waals surface area contributed by atoms with E-state index < -0.39 is 33.8 Å². The van der Waals surface area contributed by atoms with Gasteiger partial charge in [-0.15, -0.1) is 0 Å². The Morgan fingerprint density at radius 1 is 1.43 bits per heavy atom. The Morgan fingerprint density at radius 2 is 2.14 bits per heavy atom. The largest absolute Gasteiger partial charge is 0.386 e. The van der Waals surface area contributed by atoms with E-state index in [9.17, 15) is 22.7 Å². The summed E-state index contributed by atoms with van der Waals surface area (Å²) >= 11 is 0. The van der Waals surface area contributed by atoms with E-state index in [1.807, 2.05) is 0 Å². The fraction of sp³-hybridized carbons (Fsp3) is 0.462. The zero-order valence-electron chi connectivity index (χ0n) is 11.3. The summed E-state index contributed by atoms with van der Waals surface area (Å²) in [6.07, 6.45) is -0.782. The van der Waals surface area contributed by atoms with Gasteiger partial charge in [-0.3, -0.25) is 0 Å². The summed E-state index contributed by atoms with van der Waals surface area (Å²) in [5.41, 5.74) is 0.0984. The molecule has 1 aliphatic rings. The fourth-order valence-electron chi connectivity index (χ4n) is 2.19. The van der Waals surface area contributed by atoms with Crippen LogP contribution in [0.5, 0.6) is 0 Å². The van der Waals surface area contributed by atoms with Crippen LogP contribution in [0.2, 0.25) is 0 Å². The maximum Gasteiger partial charge on any atom is 0.315 e. The lowest BCUT2D eigenvalue weighted by Crippen LogP contribution is -2.43. The molecule has 6 nitrogen and oxygen atoms in total. The number of urea groups is 1. The maximum atomic E-state index is 13.4. The molecule has 0 unspecified atom stereocenters. The first-order chi connectivity index (χ1) is 9.87. The number of halogens is 1. The molecule has 0 spiro atoms. The standard InChI is InChI=1S/C13H17FN2O4S/c14-11-4-2-1-3-10(11)12(17)7-15-13(18)16-9-5-6-21(19,20)8-9/h1-4,9,12,17H,5-8H2,(H2,15,16,18)/t9-,12-/m0/s1. The van der Waals surface area contributed by atoms with Gasteiger partial charge in [0.15, 0.2) is 9.84 Å². The van der Waals surface area contributed by atoms with E-state index in [1.54, 1.807) is 6.07 Å². The Hall–Kier alpha value is -1.67. The van der Waals surface area contributed by atoms with Crippen molar-refractivity contribution in [1.82, 2.24) is 10.6 Å². The average molecular weight is 316 g/mol. The van der Waals surface area contributed by atoms with Crippen molar-refractivity contribution in [1.29, 1.82) is 0 Å². The molecular weight excluding hydrogens is 299 g/mol. The number of sulfone groups is 1. The summed E-state index contributed by atoms with van der Waals surface area (Å²) in [5, 5.41) is 14.7. The Morgan fingerprint density at radius 3 is 2.76 bits per heavy atom. The van der Waals surface area contributed by atoms with Gasteiger partial charge >= 0.3 is 6.03 Å². The summed E-state index contributed by atoms with van der Waals surface area (Å²) in [4.78, 5) is 11.6. The monoisotopic (exact) mass is 316 g/mol. The fourth-order valence-corrected chi connectivity index (χ4v) is 3.86. The van der Waals surface area contributed by atoms with Gasteiger partial charge in [-0.1, -0.05) is 18.2 Å². The SMILES string of the molecule is O=C(NC[C@H](O)c1ccccc1F)N[C@H]1CCS(=O)(=O)C1. The smallest absolute Gasteiger partial charge is 0.315 e. The minimum atomic E-state index is -3.06. The van der Waals surface area contributed by atoms with Crippen LogP contribution in [0, 0.1) is 5.82 Å². The molecule has 1 aliphatic heterocycles. The number of benzene rings is 1. The average Bonchev–Trinajstić information content (AvgIpc) is 2.75. The molecule has 1 saturated heterocycles. The van der Waals surface area contributed by atoms with Gasteiger partial charge in [-0.05, 0) is 12.5 Å². The van der Waals surface area contributed by atoms with E-state index >= 15 is 0 Å². The second kappa shape index (κ2) is 6.40. The van der Waals surface area contributed by atoms with Gasteiger partial charge in [0.05, 0.1) is 17.6 Å². The van der Waals surface area contributed by atoms with E-state index in [4.69, 9.17) is 0 Å². The third kappa shape index (κ3) is 4.40. The lowest BCUT2D eigenvalue weighted by Gasteiger charge is -2.15. The predicted molar refractivity (Wildman–Crippen MR) is 75.0 cm³/mol. The van der Waals surface area contributed by atoms with Crippen LogP contribution in [-0.4, -0.2) is 43.6 Å². The number of amides is 2. The number of aliphatic hydroxyl groups excluding tert-OH is 1. The number of nitrogens with one attached hydrogen (secondary N) is 2. The minimum Gasteiger partial charge on any atom is -0.386 e. The topological polar surface area (TPSA) is 95.5 Å². The molecule has 3 N–H and O–H groups in total. The minimum absolute atomic E-state index is 0.0653. The number of rotatable bonds is 4. The second-order valence-corrected chi connectivity index (χ2v) is 7.22. The molecule has 0 aromatic heterocycles. The molecule has 1 aromatic rings. The maximum absolute atomic E-state index is 13.4. The van der Waals surface area contributed by atoms with Gasteiger partial charge < -0.3 is 15.7 Å². The van der Waals surface area contributed by atoms with Crippen LogP contribution in [0.1, 0.15) is 18.1 Å². The molecule has 1 heterocycles. The van der Waals surface area contributed by atoms with Gasteiger partial charge in [0, 0.05) is 18.2 Å². The third-order valence-corrected chi connectivity index (χ3v) is 5.06. The van der Waals surface area contributed by atoms with Gasteiger partial charge in [0.25, 0.3) is 0 Å². The summed E-state index contributed by atoms with van der Waals surface area (Å²) in [7, 11) is -3.06. The normalized spacial score (nSPS) is 21.7. The quantitative estimate of drug-likeness (QED) is 0.747. The van der Waals surface area contributed by atoms with Crippen LogP contribution in [0.3, 0.4) is 0 Å². The zero-order chi connectivity index (χ0) is 15.5. The van der Waals surface area contributed by atoms with Crippen LogP contribution in [0.15, 0.2) is 24.3 Å². The van der Waals surface area contributed by atoms with Gasteiger partial charge in [-0.25, -0.2) is 17.6 Å². The Labute approximate surface area is 122 Å². The number of aliphatic hydroxyl groups is 1. The first-order valence-electron chi connectivity index (χ1n) is 6.54. The number of carbonyl (C=O) groups excluding carboxylic acids is 1. The van der Waals surface area contributed by atoms with Crippen LogP contribution in [0.25, 0.3) is 0 Å². The van der Waals surface area contributed by atoms with Crippen LogP contribution in [-0.2, 0) is 9.84 Å². The van der Waals surface area contributed by atoms with E-state index in [1.165, 1.54) is 18.2 Å². The van der Waals surface area contributed by atoms with Crippen molar-refractivity contribution < 1.29 is 22.7 Å². The molecule has 0 bridgehead atoms. The van der Waals surface area contributed by atoms with E-state index in [0.717, 1.165) is 0 Å². The first kappa shape index (κ1) is 15.7. The molecule has 2 atom stereocenters. The van der Waals surface area contributed by atoms with E-state index in [-0.39, 0.29) is 23.6 Å². The highest BCUT2D eigenvalue weighted by molar-refractivity contribution is 7.91. The van der Waals surface area contributed by atoms with Crippen molar-refractivity contribution in [2.75, 3.05) is 18.1 Å². The summed E-state index contributed by atoms with van der Waals surface area (Å²) in [5.74, 6) is -0.555. The Bertz CT molecular complexity index is 620. The summed E-state index contributed by atoms with van der Waals surface area (Å²) in [6.45, 7) is -0.160. The number of hydrogen-bond donors (Lipinski definition) is 3. The molecule has 21 heavy (non-hydrogen) atoms. The molecule has 0 radical (unpaired) electrons. The molecule has 1 aromatic carbocycles. The molecule has 116 valence electrons. The molecule has 8 heteroatoms. The zero-order valence-corrected chi connectivity index (χ0v) is 12.1. The lowest BCUT2D eigenvalue weighted by atomic mass is 10.1. The number of carbonyl (C=O) groups is 1. The highest BCUT2D eigenvalue weighted by atomic mass is 32.2. The van der Waals surface area contributed by atoms with Crippen LogP contribution in [0.4, 0.5) is 9.18 Å². The van der Waals surface area contributed by atoms with E-state index in [2.05, 4.69) is 10.6 Å². The highest BCUT2D eigenvalue weighted by Crippen LogP contribution is 2.15. The van der Waals surface area contributed by atoms with Gasteiger partial charge in [0.1, 0.15) is 5.82 Å². The molecular formula is C13H17FN2O4S. The highest BCUT2D eigenvalue weighted by Gasteiger charge is 2.28. The van der Waals surface area contributed by atoms with Crippen molar-refractivity contribution in [2.24, 2.45) is 0 Å². The molecule has 1 fully saturated rings. The molecule has 2 amide bonds. The van der Waals surface area contributed by atoms with Gasteiger partial charge in [-0.2, -0.15) is 0 Å². The summed E-state index contributed by atoms with van der Waals surface area (Å²) in [6, 6.07) is 4.76. The number of hydrogen-bond acceptors (Lipinski definition) is 4. The first-order valence-corrected chi connectivity index (χ1v) is 8.37. The lowest BCUT2D eigenvalue weighted by molar-refractivity contribution is 0.168. The van der Waals surface area contributed by atoms with Crippen molar-refractivity contribution in [3.05, 3.63) is 35.6 Å². The Kier molecular flexibility index (Phi) is 4.79. The van der Waals surface area contributed by atoms with Crippen LogP contribution >= 0.6 is 0 Å². The predicted octanol–water partition coefficient (Wildman–Crippen LogP) is 0.345. The van der Waals surface area contributed by atoms with Crippen molar-refractivity contribution in [2.45, 2.75) is 18.6 Å². The van der Waals surface area contributed by atoms with Crippen molar-refractivity contribution in [3.63, 3.8) is 0 Å². The Balaban J connectivity index is 1.80. The molecule has 0 aliphatic carbocycles. The second-order valence-electron chi connectivity index (χ2n) is 4.99. The molecule has 0 saturated carbocycles.